The predicted octanol–water partition coefficient (Wildman–Crippen LogP) is 5.38. The van der Waals surface area contributed by atoms with Gasteiger partial charge in [0.2, 0.25) is 5.95 Å². The van der Waals surface area contributed by atoms with Gasteiger partial charge in [0.05, 0.1) is 18.4 Å². The van der Waals surface area contributed by atoms with Crippen molar-refractivity contribution in [3.05, 3.63) is 54.2 Å². The molecule has 2 heterocycles. The molecule has 0 fully saturated rings. The van der Waals surface area contributed by atoms with Crippen LogP contribution >= 0.6 is 0 Å². The number of fused-ring (bicyclic) bond motifs is 1. The number of nitrogen functional groups attached to an aromatic ring is 1. The Hall–Kier alpha value is -3.42. The number of halogens is 2. The summed E-state index contributed by atoms with van der Waals surface area (Å²) in [4.78, 5) is 10.3. The summed E-state index contributed by atoms with van der Waals surface area (Å²) in [5.74, 6) is -0.807. The van der Waals surface area contributed by atoms with Gasteiger partial charge in [-0.15, -0.1) is 0 Å². The minimum atomic E-state index is -0.639. The minimum absolute atomic E-state index is 0.00826. The van der Waals surface area contributed by atoms with E-state index < -0.39 is 11.6 Å². The Morgan fingerprint density at radius 2 is 1.81 bits per heavy atom. The summed E-state index contributed by atoms with van der Waals surface area (Å²) in [6.45, 7) is 9.06. The number of ether oxygens (including phenoxy) is 1. The van der Waals surface area contributed by atoms with Gasteiger partial charge >= 0.3 is 0 Å². The topological polar surface area (TPSA) is 76.3 Å². The molecule has 2 aromatic carbocycles. The maximum atomic E-state index is 14.7. The van der Waals surface area contributed by atoms with Crippen LogP contribution < -0.4 is 20.7 Å². The molecule has 31 heavy (non-hydrogen) atoms. The van der Waals surface area contributed by atoms with E-state index in [1.165, 1.54) is 6.07 Å². The molecule has 1 aromatic heterocycles. The van der Waals surface area contributed by atoms with E-state index in [1.54, 1.807) is 30.3 Å². The molecule has 0 spiro atoms. The SMILES string of the molecule is CC.CC(C)N1CCOc2c(F)cc(-c3nc(Nc4ccc(N)cc4)ncc3F)cc21. The van der Waals surface area contributed by atoms with Crippen LogP contribution in [0.3, 0.4) is 0 Å². The lowest BCUT2D eigenvalue weighted by Crippen LogP contribution is -2.38. The molecule has 1 aliphatic heterocycles. The second-order valence-electron chi connectivity index (χ2n) is 7.08. The van der Waals surface area contributed by atoms with Crippen molar-refractivity contribution in [2.24, 2.45) is 0 Å². The third kappa shape index (κ3) is 4.84. The molecule has 6 nitrogen and oxygen atoms in total. The van der Waals surface area contributed by atoms with Crippen LogP contribution in [-0.2, 0) is 0 Å². The highest BCUT2D eigenvalue weighted by molar-refractivity contribution is 5.73. The number of nitrogens with two attached hydrogens (primary N) is 1. The fourth-order valence-corrected chi connectivity index (χ4v) is 3.30. The molecule has 0 bridgehead atoms. The molecule has 4 rings (SSSR count). The largest absolute Gasteiger partial charge is 0.486 e. The van der Waals surface area contributed by atoms with Gasteiger partial charge in [-0.2, -0.15) is 0 Å². The average Bonchev–Trinajstić information content (AvgIpc) is 2.77. The molecule has 8 heteroatoms. The van der Waals surface area contributed by atoms with Crippen LogP contribution in [0.4, 0.5) is 31.8 Å². The van der Waals surface area contributed by atoms with Gasteiger partial charge in [-0.25, -0.2) is 18.7 Å². The van der Waals surface area contributed by atoms with Gasteiger partial charge in [0.25, 0.3) is 0 Å². The van der Waals surface area contributed by atoms with Crippen molar-refractivity contribution >= 4 is 23.0 Å². The molecular formula is C23H27F2N5O. The van der Waals surface area contributed by atoms with Crippen LogP contribution in [0.2, 0.25) is 0 Å². The number of rotatable bonds is 4. The summed E-state index contributed by atoms with van der Waals surface area (Å²) in [5.41, 5.74) is 7.92. The predicted molar refractivity (Wildman–Crippen MR) is 121 cm³/mol. The Balaban J connectivity index is 0.00000132. The van der Waals surface area contributed by atoms with Gasteiger partial charge in [0.1, 0.15) is 12.3 Å². The summed E-state index contributed by atoms with van der Waals surface area (Å²) >= 11 is 0. The lowest BCUT2D eigenvalue weighted by atomic mass is 10.1. The van der Waals surface area contributed by atoms with Crippen LogP contribution in [0.15, 0.2) is 42.6 Å². The number of hydrogen-bond donors (Lipinski definition) is 2. The first-order valence-corrected chi connectivity index (χ1v) is 10.3. The van der Waals surface area contributed by atoms with Crippen LogP contribution in [0.1, 0.15) is 27.7 Å². The Bertz CT molecular complexity index is 1040. The van der Waals surface area contributed by atoms with Gasteiger partial charge in [0, 0.05) is 23.0 Å². The quantitative estimate of drug-likeness (QED) is 0.545. The summed E-state index contributed by atoms with van der Waals surface area (Å²) in [6, 6.07) is 10.1. The second kappa shape index (κ2) is 9.59. The number of aromatic nitrogens is 2. The summed E-state index contributed by atoms with van der Waals surface area (Å²) in [6.07, 6.45) is 1.07. The molecule has 0 atom stereocenters. The Morgan fingerprint density at radius 3 is 2.48 bits per heavy atom. The molecule has 0 amide bonds. The highest BCUT2D eigenvalue weighted by atomic mass is 19.1. The van der Waals surface area contributed by atoms with E-state index >= 15 is 0 Å². The van der Waals surface area contributed by atoms with Crippen LogP contribution in [0.25, 0.3) is 11.3 Å². The zero-order valence-corrected chi connectivity index (χ0v) is 18.1. The van der Waals surface area contributed by atoms with Crippen molar-refractivity contribution < 1.29 is 13.5 Å². The van der Waals surface area contributed by atoms with E-state index in [0.29, 0.717) is 35.8 Å². The summed E-state index contributed by atoms with van der Waals surface area (Å²) < 4.78 is 34.8. The van der Waals surface area contributed by atoms with Crippen molar-refractivity contribution in [3.8, 4) is 17.0 Å². The number of nitrogens with zero attached hydrogens (tertiary/aromatic N) is 3. The van der Waals surface area contributed by atoms with Crippen molar-refractivity contribution in [1.82, 2.24) is 9.97 Å². The third-order valence-corrected chi connectivity index (χ3v) is 4.72. The highest BCUT2D eigenvalue weighted by Gasteiger charge is 2.25. The lowest BCUT2D eigenvalue weighted by Gasteiger charge is -2.34. The van der Waals surface area contributed by atoms with E-state index in [4.69, 9.17) is 10.5 Å². The zero-order valence-electron chi connectivity index (χ0n) is 18.1. The molecule has 0 saturated heterocycles. The first-order chi connectivity index (χ1) is 14.9. The first-order valence-electron chi connectivity index (χ1n) is 10.3. The van der Waals surface area contributed by atoms with E-state index in [-0.39, 0.29) is 23.4 Å². The van der Waals surface area contributed by atoms with Crippen molar-refractivity contribution in [2.45, 2.75) is 33.7 Å². The van der Waals surface area contributed by atoms with Gasteiger partial charge in [0.15, 0.2) is 17.4 Å². The van der Waals surface area contributed by atoms with Gasteiger partial charge in [-0.1, -0.05) is 13.8 Å². The summed E-state index contributed by atoms with van der Waals surface area (Å²) in [7, 11) is 0. The fraction of sp³-hybridized carbons (Fsp3) is 0.304. The monoisotopic (exact) mass is 427 g/mol. The van der Waals surface area contributed by atoms with Crippen molar-refractivity contribution in [2.75, 3.05) is 29.1 Å². The molecule has 164 valence electrons. The van der Waals surface area contributed by atoms with Crippen LogP contribution in [0, 0.1) is 11.6 Å². The third-order valence-electron chi connectivity index (χ3n) is 4.72. The van der Waals surface area contributed by atoms with Crippen LogP contribution in [-0.4, -0.2) is 29.2 Å². The van der Waals surface area contributed by atoms with Crippen LogP contribution in [0.5, 0.6) is 5.75 Å². The summed E-state index contributed by atoms with van der Waals surface area (Å²) in [5, 5.41) is 3.00. The Kier molecular flexibility index (Phi) is 6.89. The smallest absolute Gasteiger partial charge is 0.227 e. The van der Waals surface area contributed by atoms with Gasteiger partial charge < -0.3 is 20.7 Å². The number of benzene rings is 2. The average molecular weight is 427 g/mol. The molecule has 1 aliphatic rings. The molecule has 0 saturated carbocycles. The molecule has 3 aromatic rings. The molecule has 0 radical (unpaired) electrons. The zero-order chi connectivity index (χ0) is 22.5. The fourth-order valence-electron chi connectivity index (χ4n) is 3.30. The molecule has 0 aliphatic carbocycles. The number of hydrogen-bond acceptors (Lipinski definition) is 6. The number of nitrogens with one attached hydrogen (secondary N) is 1. The van der Waals surface area contributed by atoms with E-state index in [9.17, 15) is 8.78 Å². The lowest BCUT2D eigenvalue weighted by molar-refractivity contribution is 0.287. The normalized spacial score (nSPS) is 12.5. The highest BCUT2D eigenvalue weighted by Crippen LogP contribution is 2.39. The van der Waals surface area contributed by atoms with E-state index in [2.05, 4.69) is 15.3 Å². The van der Waals surface area contributed by atoms with Crippen molar-refractivity contribution in [3.63, 3.8) is 0 Å². The maximum absolute atomic E-state index is 14.7. The maximum Gasteiger partial charge on any atom is 0.227 e. The van der Waals surface area contributed by atoms with E-state index in [1.807, 2.05) is 32.6 Å². The Morgan fingerprint density at radius 1 is 1.10 bits per heavy atom. The van der Waals surface area contributed by atoms with Crippen molar-refractivity contribution in [1.29, 1.82) is 0 Å². The first kappa shape index (κ1) is 22.3. The van der Waals surface area contributed by atoms with Gasteiger partial charge in [-0.3, -0.25) is 0 Å². The second-order valence-corrected chi connectivity index (χ2v) is 7.08. The van der Waals surface area contributed by atoms with Gasteiger partial charge in [-0.05, 0) is 50.2 Å². The standard InChI is InChI=1S/C21H21F2N5O.C2H6/c1-12(2)28-7-8-29-20-16(22)9-13(10-18(20)28)19-17(23)11-25-21(27-19)26-15-5-3-14(24)4-6-15;1-2/h3-6,9-12H,7-8,24H2,1-2H3,(H,25,26,27);1-2H3. The number of anilines is 4. The Labute approximate surface area is 181 Å². The molecular weight excluding hydrogens is 400 g/mol. The molecule has 0 unspecified atom stereocenters. The minimum Gasteiger partial charge on any atom is -0.486 e. The molecule has 3 N–H and O–H groups in total. The van der Waals surface area contributed by atoms with E-state index in [0.717, 1.165) is 6.20 Å².